The first-order chi connectivity index (χ1) is 9.86. The molecule has 1 N–H and O–H groups in total. The summed E-state index contributed by atoms with van der Waals surface area (Å²) in [5.41, 5.74) is 3.03. The number of hydrogen-bond acceptors (Lipinski definition) is 3. The van der Waals surface area contributed by atoms with Crippen LogP contribution in [-0.4, -0.2) is 43.8 Å². The molecule has 0 aromatic heterocycles. The molecule has 110 valence electrons. The molecule has 1 fully saturated rings. The molecule has 20 heavy (non-hydrogen) atoms. The minimum Gasteiger partial charge on any atom is -0.383 e. The molecule has 1 aromatic rings. The van der Waals surface area contributed by atoms with Crippen LogP contribution in [0.3, 0.4) is 0 Å². The molecule has 2 aliphatic rings. The summed E-state index contributed by atoms with van der Waals surface area (Å²) in [7, 11) is 1.82. The first-order valence-corrected chi connectivity index (χ1v) is 7.90. The SMILES string of the molecule is COCC(CNC1CC1)N1CCCc2ccccc2C1. The van der Waals surface area contributed by atoms with Crippen molar-refractivity contribution in [2.24, 2.45) is 0 Å². The molecular formula is C17H26N2O. The second-order valence-electron chi connectivity index (χ2n) is 6.13. The summed E-state index contributed by atoms with van der Waals surface area (Å²) in [4.78, 5) is 2.60. The van der Waals surface area contributed by atoms with Crippen molar-refractivity contribution < 1.29 is 4.74 Å². The Labute approximate surface area is 122 Å². The summed E-state index contributed by atoms with van der Waals surface area (Å²) >= 11 is 0. The lowest BCUT2D eigenvalue weighted by Gasteiger charge is -2.30. The molecule has 1 aliphatic carbocycles. The van der Waals surface area contributed by atoms with Crippen LogP contribution >= 0.6 is 0 Å². The molecule has 0 amide bonds. The fraction of sp³-hybridized carbons (Fsp3) is 0.647. The Morgan fingerprint density at radius 1 is 1.30 bits per heavy atom. The Kier molecular flexibility index (Phi) is 4.71. The fourth-order valence-electron chi connectivity index (χ4n) is 3.11. The first-order valence-electron chi connectivity index (χ1n) is 7.90. The molecule has 1 unspecified atom stereocenters. The van der Waals surface area contributed by atoms with E-state index in [1.807, 2.05) is 7.11 Å². The molecule has 0 radical (unpaired) electrons. The monoisotopic (exact) mass is 274 g/mol. The van der Waals surface area contributed by atoms with Crippen LogP contribution in [0, 0.1) is 0 Å². The largest absolute Gasteiger partial charge is 0.383 e. The zero-order valence-corrected chi connectivity index (χ0v) is 12.5. The van der Waals surface area contributed by atoms with Crippen LogP contribution in [0.5, 0.6) is 0 Å². The van der Waals surface area contributed by atoms with E-state index in [0.29, 0.717) is 6.04 Å². The topological polar surface area (TPSA) is 24.5 Å². The highest BCUT2D eigenvalue weighted by Crippen LogP contribution is 2.22. The second-order valence-corrected chi connectivity index (χ2v) is 6.13. The maximum absolute atomic E-state index is 5.46. The van der Waals surface area contributed by atoms with Crippen molar-refractivity contribution in [2.45, 2.75) is 44.3 Å². The van der Waals surface area contributed by atoms with Crippen LogP contribution in [0.15, 0.2) is 24.3 Å². The zero-order chi connectivity index (χ0) is 13.8. The van der Waals surface area contributed by atoms with Gasteiger partial charge >= 0.3 is 0 Å². The number of hydrogen-bond donors (Lipinski definition) is 1. The molecule has 0 bridgehead atoms. The van der Waals surface area contributed by atoms with Gasteiger partial charge in [-0.2, -0.15) is 0 Å². The third kappa shape index (κ3) is 3.60. The first kappa shape index (κ1) is 14.1. The van der Waals surface area contributed by atoms with Crippen molar-refractivity contribution in [3.05, 3.63) is 35.4 Å². The van der Waals surface area contributed by atoms with E-state index in [2.05, 4.69) is 34.5 Å². The fourth-order valence-corrected chi connectivity index (χ4v) is 3.11. The Morgan fingerprint density at radius 3 is 2.85 bits per heavy atom. The van der Waals surface area contributed by atoms with E-state index in [0.717, 1.165) is 25.7 Å². The van der Waals surface area contributed by atoms with E-state index >= 15 is 0 Å². The number of ether oxygens (including phenoxy) is 1. The van der Waals surface area contributed by atoms with Crippen LogP contribution in [0.4, 0.5) is 0 Å². The lowest BCUT2D eigenvalue weighted by atomic mass is 10.0. The van der Waals surface area contributed by atoms with Gasteiger partial charge in [0, 0.05) is 32.3 Å². The van der Waals surface area contributed by atoms with Crippen molar-refractivity contribution in [2.75, 3.05) is 26.8 Å². The summed E-state index contributed by atoms with van der Waals surface area (Å²) in [5, 5.41) is 3.66. The van der Waals surface area contributed by atoms with Gasteiger partial charge in [-0.3, -0.25) is 4.90 Å². The normalized spacial score (nSPS) is 21.2. The molecule has 0 saturated heterocycles. The van der Waals surface area contributed by atoms with E-state index in [9.17, 15) is 0 Å². The maximum Gasteiger partial charge on any atom is 0.0630 e. The summed E-state index contributed by atoms with van der Waals surface area (Å²) in [6.45, 7) is 4.12. The van der Waals surface area contributed by atoms with Gasteiger partial charge in [0.2, 0.25) is 0 Å². The van der Waals surface area contributed by atoms with Gasteiger partial charge in [0.15, 0.2) is 0 Å². The van der Waals surface area contributed by atoms with Gasteiger partial charge in [-0.1, -0.05) is 24.3 Å². The van der Waals surface area contributed by atoms with E-state index in [4.69, 9.17) is 4.74 Å². The summed E-state index contributed by atoms with van der Waals surface area (Å²) in [6, 6.07) is 10.2. The highest BCUT2D eigenvalue weighted by Gasteiger charge is 2.25. The van der Waals surface area contributed by atoms with Gasteiger partial charge in [-0.25, -0.2) is 0 Å². The van der Waals surface area contributed by atoms with Gasteiger partial charge in [0.25, 0.3) is 0 Å². The Bertz CT molecular complexity index is 431. The Morgan fingerprint density at radius 2 is 2.10 bits per heavy atom. The smallest absolute Gasteiger partial charge is 0.0630 e. The number of nitrogens with zero attached hydrogens (tertiary/aromatic N) is 1. The lowest BCUT2D eigenvalue weighted by Crippen LogP contribution is -2.45. The van der Waals surface area contributed by atoms with Gasteiger partial charge in [0.05, 0.1) is 6.61 Å². The van der Waals surface area contributed by atoms with Crippen molar-refractivity contribution in [1.29, 1.82) is 0 Å². The van der Waals surface area contributed by atoms with Gasteiger partial charge in [-0.15, -0.1) is 0 Å². The van der Waals surface area contributed by atoms with Crippen LogP contribution < -0.4 is 5.32 Å². The van der Waals surface area contributed by atoms with Crippen LogP contribution in [0.2, 0.25) is 0 Å². The highest BCUT2D eigenvalue weighted by molar-refractivity contribution is 5.28. The van der Waals surface area contributed by atoms with Crippen LogP contribution in [0.25, 0.3) is 0 Å². The van der Waals surface area contributed by atoms with E-state index in [1.54, 1.807) is 0 Å². The van der Waals surface area contributed by atoms with E-state index in [-0.39, 0.29) is 0 Å². The van der Waals surface area contributed by atoms with E-state index in [1.165, 1.54) is 43.4 Å². The minimum atomic E-state index is 0.492. The standard InChI is InChI=1S/C17H26N2O/c1-20-13-17(11-18-16-8-9-16)19-10-4-7-14-5-2-3-6-15(14)12-19/h2-3,5-6,16-18H,4,7-13H2,1H3. The van der Waals surface area contributed by atoms with Crippen molar-refractivity contribution in [3.63, 3.8) is 0 Å². The Hall–Kier alpha value is -0.900. The number of aryl methyl sites for hydroxylation is 1. The highest BCUT2D eigenvalue weighted by atomic mass is 16.5. The van der Waals surface area contributed by atoms with Gasteiger partial charge in [-0.05, 0) is 43.4 Å². The molecule has 1 aliphatic heterocycles. The third-order valence-corrected chi connectivity index (χ3v) is 4.48. The molecule has 3 heteroatoms. The lowest BCUT2D eigenvalue weighted by molar-refractivity contribution is 0.0849. The van der Waals surface area contributed by atoms with Crippen molar-refractivity contribution in [1.82, 2.24) is 10.2 Å². The average Bonchev–Trinajstić information content (AvgIpc) is 3.29. The van der Waals surface area contributed by atoms with Gasteiger partial charge in [0.1, 0.15) is 0 Å². The molecule has 3 rings (SSSR count). The van der Waals surface area contributed by atoms with Crippen LogP contribution in [0.1, 0.15) is 30.4 Å². The molecule has 1 atom stereocenters. The molecule has 1 aromatic carbocycles. The molecule has 1 heterocycles. The summed E-state index contributed by atoms with van der Waals surface area (Å²) in [6.07, 6.45) is 5.16. The predicted octanol–water partition coefficient (Wildman–Crippen LogP) is 2.20. The van der Waals surface area contributed by atoms with Gasteiger partial charge < -0.3 is 10.1 Å². The van der Waals surface area contributed by atoms with Crippen molar-refractivity contribution >= 4 is 0 Å². The summed E-state index contributed by atoms with van der Waals surface area (Å²) in [5.74, 6) is 0. The minimum absolute atomic E-state index is 0.492. The number of fused-ring (bicyclic) bond motifs is 1. The second kappa shape index (κ2) is 6.70. The summed E-state index contributed by atoms with van der Waals surface area (Å²) < 4.78 is 5.46. The molecule has 1 saturated carbocycles. The van der Waals surface area contributed by atoms with Crippen molar-refractivity contribution in [3.8, 4) is 0 Å². The predicted molar refractivity (Wildman–Crippen MR) is 81.9 cm³/mol. The average molecular weight is 274 g/mol. The zero-order valence-electron chi connectivity index (χ0n) is 12.5. The number of rotatable bonds is 6. The molecule has 0 spiro atoms. The number of benzene rings is 1. The molecule has 3 nitrogen and oxygen atoms in total. The molecular weight excluding hydrogens is 248 g/mol. The Balaban J connectivity index is 1.66. The third-order valence-electron chi connectivity index (χ3n) is 4.48. The number of methoxy groups -OCH3 is 1. The maximum atomic E-state index is 5.46. The van der Waals surface area contributed by atoms with E-state index < -0.39 is 0 Å². The van der Waals surface area contributed by atoms with Crippen LogP contribution in [-0.2, 0) is 17.7 Å². The number of nitrogens with one attached hydrogen (secondary N) is 1. The quantitative estimate of drug-likeness (QED) is 0.861.